The fourth-order valence-electron chi connectivity index (χ4n) is 1.65. The van der Waals surface area contributed by atoms with Crippen molar-refractivity contribution in [3.8, 4) is 0 Å². The van der Waals surface area contributed by atoms with Gasteiger partial charge in [0.05, 0.1) is 10.6 Å². The summed E-state index contributed by atoms with van der Waals surface area (Å²) in [5.41, 5.74) is 4.97. The van der Waals surface area contributed by atoms with Crippen molar-refractivity contribution in [1.82, 2.24) is 4.90 Å². The third-order valence-electron chi connectivity index (χ3n) is 2.67. The van der Waals surface area contributed by atoms with Crippen molar-refractivity contribution < 1.29 is 5.11 Å². The molecule has 0 aromatic carbocycles. The molecule has 0 heterocycles. The Morgan fingerprint density at radius 3 is 2.19 bits per heavy atom. The van der Waals surface area contributed by atoms with Crippen molar-refractivity contribution in [1.29, 1.82) is 0 Å². The van der Waals surface area contributed by atoms with Crippen LogP contribution in [0, 0.1) is 5.41 Å². The van der Waals surface area contributed by atoms with Crippen molar-refractivity contribution in [3.05, 3.63) is 0 Å². The largest absolute Gasteiger partial charge is 0.393 e. The summed E-state index contributed by atoms with van der Waals surface area (Å²) in [6, 6.07) is 0. The molecule has 4 heteroatoms. The molecule has 0 radical (unpaired) electrons. The molecule has 0 atom stereocenters. The van der Waals surface area contributed by atoms with Gasteiger partial charge in [-0.25, -0.2) is 0 Å². The molecule has 0 rings (SSSR count). The van der Waals surface area contributed by atoms with E-state index in [0.29, 0.717) is 11.5 Å². The predicted molar refractivity (Wildman–Crippen MR) is 73.6 cm³/mol. The van der Waals surface area contributed by atoms with Gasteiger partial charge in [0.2, 0.25) is 0 Å². The number of rotatable bonds is 7. The molecule has 0 unspecified atom stereocenters. The first-order chi connectivity index (χ1) is 7.04. The van der Waals surface area contributed by atoms with E-state index in [4.69, 9.17) is 18.0 Å². The molecule has 0 aliphatic rings. The highest BCUT2D eigenvalue weighted by Gasteiger charge is 2.21. The summed E-state index contributed by atoms with van der Waals surface area (Å²) in [5.74, 6) is 0. The summed E-state index contributed by atoms with van der Waals surface area (Å²) in [4.78, 5) is 2.72. The van der Waals surface area contributed by atoms with E-state index in [2.05, 4.69) is 18.7 Å². The van der Waals surface area contributed by atoms with Gasteiger partial charge in [0.25, 0.3) is 0 Å². The van der Waals surface area contributed by atoms with Crippen LogP contribution in [-0.2, 0) is 0 Å². The zero-order valence-corrected chi connectivity index (χ0v) is 12.0. The summed E-state index contributed by atoms with van der Waals surface area (Å²) >= 11 is 5.02. The molecule has 16 heavy (non-hydrogen) atoms. The van der Waals surface area contributed by atoms with E-state index in [0.717, 1.165) is 19.4 Å². The Morgan fingerprint density at radius 1 is 1.31 bits per heavy atom. The van der Waals surface area contributed by atoms with Crippen LogP contribution < -0.4 is 5.73 Å². The Balaban J connectivity index is 3.87. The second kappa shape index (κ2) is 5.94. The lowest BCUT2D eigenvalue weighted by molar-refractivity contribution is 0.0438. The summed E-state index contributed by atoms with van der Waals surface area (Å²) in [6.07, 6.45) is 2.02. The second-order valence-electron chi connectivity index (χ2n) is 5.90. The lowest BCUT2D eigenvalue weighted by Gasteiger charge is -2.27. The monoisotopic (exact) mass is 246 g/mol. The smallest absolute Gasteiger partial charge is 0.0784 e. The molecule has 0 fully saturated rings. The maximum Gasteiger partial charge on any atom is 0.0784 e. The van der Waals surface area contributed by atoms with E-state index in [1.807, 2.05) is 20.9 Å². The molecule has 0 aliphatic heterocycles. The van der Waals surface area contributed by atoms with Gasteiger partial charge < -0.3 is 15.7 Å². The van der Waals surface area contributed by atoms with Crippen LogP contribution in [-0.4, -0.2) is 40.7 Å². The van der Waals surface area contributed by atoms with E-state index in [9.17, 15) is 5.11 Å². The first-order valence-electron chi connectivity index (χ1n) is 5.75. The molecule has 96 valence electrons. The number of aliphatic hydroxyl groups is 1. The average Bonchev–Trinajstić information content (AvgIpc) is 1.99. The maximum absolute atomic E-state index is 9.65. The zero-order valence-electron chi connectivity index (χ0n) is 11.2. The maximum atomic E-state index is 9.65. The third kappa shape index (κ3) is 7.14. The van der Waals surface area contributed by atoms with E-state index in [1.165, 1.54) is 0 Å². The van der Waals surface area contributed by atoms with Crippen molar-refractivity contribution in [3.63, 3.8) is 0 Å². The Kier molecular flexibility index (Phi) is 5.87. The molecule has 0 saturated carbocycles. The van der Waals surface area contributed by atoms with E-state index in [1.54, 1.807) is 0 Å². The molecule has 0 aromatic rings. The van der Waals surface area contributed by atoms with Gasteiger partial charge in [0.1, 0.15) is 0 Å². The highest BCUT2D eigenvalue weighted by atomic mass is 32.1. The average molecular weight is 246 g/mol. The van der Waals surface area contributed by atoms with Crippen LogP contribution in [0.5, 0.6) is 0 Å². The van der Waals surface area contributed by atoms with Crippen LogP contribution in [0.4, 0.5) is 0 Å². The fraction of sp³-hybridized carbons (Fsp3) is 0.917. The Morgan fingerprint density at radius 2 is 1.81 bits per heavy atom. The second-order valence-corrected chi connectivity index (χ2v) is 6.34. The first kappa shape index (κ1) is 15.8. The Labute approximate surface area is 105 Å². The van der Waals surface area contributed by atoms with Crippen LogP contribution in [0.1, 0.15) is 40.5 Å². The molecule has 0 saturated heterocycles. The fourth-order valence-corrected chi connectivity index (χ4v) is 1.76. The number of likely N-dealkylation sites (N-methyl/N-ethyl adjacent to an activating group) is 1. The molecule has 3 nitrogen and oxygen atoms in total. The molecule has 3 N–H and O–H groups in total. The minimum Gasteiger partial charge on any atom is -0.393 e. The van der Waals surface area contributed by atoms with Gasteiger partial charge in [-0.2, -0.15) is 0 Å². The van der Waals surface area contributed by atoms with E-state index in [-0.39, 0.29) is 5.41 Å². The Bertz CT molecular complexity index is 234. The third-order valence-corrected chi connectivity index (χ3v) is 3.22. The van der Waals surface area contributed by atoms with Crippen molar-refractivity contribution >= 4 is 17.2 Å². The number of thiocarbonyl (C=S) groups is 1. The highest BCUT2D eigenvalue weighted by Crippen LogP contribution is 2.22. The minimum atomic E-state index is -0.632. The van der Waals surface area contributed by atoms with E-state index >= 15 is 0 Å². The van der Waals surface area contributed by atoms with Crippen molar-refractivity contribution in [2.75, 3.05) is 20.1 Å². The topological polar surface area (TPSA) is 49.5 Å². The molecule has 0 spiro atoms. The Hall–Kier alpha value is -0.190. The summed E-state index contributed by atoms with van der Waals surface area (Å²) in [7, 11) is 2.02. The number of hydrogen-bond acceptors (Lipinski definition) is 3. The van der Waals surface area contributed by atoms with Crippen molar-refractivity contribution in [2.24, 2.45) is 11.1 Å². The van der Waals surface area contributed by atoms with Crippen LogP contribution in [0.25, 0.3) is 0 Å². The van der Waals surface area contributed by atoms with Gasteiger partial charge in [0.15, 0.2) is 0 Å². The van der Waals surface area contributed by atoms with Crippen LogP contribution in [0.15, 0.2) is 0 Å². The predicted octanol–water partition coefficient (Wildman–Crippen LogP) is 1.78. The molecule has 0 bridgehead atoms. The number of nitrogens with zero attached hydrogens (tertiary/aromatic N) is 1. The first-order valence-corrected chi connectivity index (χ1v) is 6.16. The molecule has 0 aliphatic carbocycles. The summed E-state index contributed by atoms with van der Waals surface area (Å²) in [6.45, 7) is 9.43. The van der Waals surface area contributed by atoms with Gasteiger partial charge >= 0.3 is 0 Å². The normalized spacial score (nSPS) is 13.2. The molecular formula is C12H26N2OS. The summed E-state index contributed by atoms with van der Waals surface area (Å²) in [5, 5.41) is 9.65. The van der Waals surface area contributed by atoms with Gasteiger partial charge in [0, 0.05) is 12.0 Å². The van der Waals surface area contributed by atoms with Crippen molar-refractivity contribution in [2.45, 2.75) is 46.1 Å². The van der Waals surface area contributed by atoms with Crippen LogP contribution >= 0.6 is 12.2 Å². The minimum absolute atomic E-state index is 0.0646. The molecule has 0 aromatic heterocycles. The number of hydrogen-bond donors (Lipinski definition) is 2. The lowest BCUT2D eigenvalue weighted by Crippen LogP contribution is -2.37. The zero-order chi connectivity index (χ0) is 13.0. The van der Waals surface area contributed by atoms with Crippen LogP contribution in [0.2, 0.25) is 0 Å². The molecular weight excluding hydrogens is 220 g/mol. The quantitative estimate of drug-likeness (QED) is 0.672. The lowest BCUT2D eigenvalue weighted by atomic mass is 9.88. The highest BCUT2D eigenvalue weighted by molar-refractivity contribution is 7.80. The summed E-state index contributed by atoms with van der Waals surface area (Å²) < 4.78 is 0. The van der Waals surface area contributed by atoms with Gasteiger partial charge in [-0.3, -0.25) is 0 Å². The standard InChI is InChI=1S/C12H26N2OS/c1-11(2,10(13)16)7-6-8-14(5)9-12(3,4)15/h15H,6-9H2,1-5H3,(H2,13,16). The molecule has 0 amide bonds. The van der Waals surface area contributed by atoms with Crippen LogP contribution in [0.3, 0.4) is 0 Å². The van der Waals surface area contributed by atoms with Gasteiger partial charge in [-0.15, -0.1) is 0 Å². The number of nitrogens with two attached hydrogens (primary N) is 1. The SMILES string of the molecule is CN(CCCC(C)(C)C(N)=S)CC(C)(C)O. The van der Waals surface area contributed by atoms with E-state index < -0.39 is 5.60 Å². The van der Waals surface area contributed by atoms with Gasteiger partial charge in [-0.05, 0) is 40.3 Å². The van der Waals surface area contributed by atoms with Gasteiger partial charge in [-0.1, -0.05) is 26.1 Å².